The van der Waals surface area contributed by atoms with Crippen molar-refractivity contribution < 1.29 is 14.2 Å². The van der Waals surface area contributed by atoms with Gasteiger partial charge in [-0.05, 0) is 12.1 Å². The van der Waals surface area contributed by atoms with Gasteiger partial charge in [0.15, 0.2) is 11.5 Å². The quantitative estimate of drug-likeness (QED) is 0.865. The minimum absolute atomic E-state index is 0.123. The van der Waals surface area contributed by atoms with Gasteiger partial charge in [0, 0.05) is 12.3 Å². The molecule has 0 unspecified atom stereocenters. The number of nitriles is 1. The maximum Gasteiger partial charge on any atom is 0.328 e. The molecule has 0 saturated carbocycles. The van der Waals surface area contributed by atoms with E-state index < -0.39 is 11.2 Å². The molecule has 2 aromatic rings. The summed E-state index contributed by atoms with van der Waals surface area (Å²) in [6.07, 6.45) is 1.21. The lowest BCUT2D eigenvalue weighted by Crippen LogP contribution is -2.32. The maximum atomic E-state index is 11.6. The van der Waals surface area contributed by atoms with Gasteiger partial charge in [-0.1, -0.05) is 0 Å². The third-order valence-electron chi connectivity index (χ3n) is 3.08. The van der Waals surface area contributed by atoms with Crippen LogP contribution < -0.4 is 25.5 Å². The van der Waals surface area contributed by atoms with E-state index in [9.17, 15) is 9.59 Å². The lowest BCUT2D eigenvalue weighted by atomic mass is 10.3. The summed E-state index contributed by atoms with van der Waals surface area (Å²) in [6.45, 7) is 0.567. The standard InChI is InChI=1S/C14H11N3O5/c15-6-9-7-17(14(19)16-13(9)18)3-4-20-10-1-2-11-12(5-10)22-8-21-11/h1-2,5,7H,3-4,8H2,(H,16,18,19). The molecule has 0 aliphatic carbocycles. The van der Waals surface area contributed by atoms with Crippen LogP contribution in [-0.2, 0) is 6.54 Å². The van der Waals surface area contributed by atoms with E-state index in [1.54, 1.807) is 24.3 Å². The number of benzene rings is 1. The Hall–Kier alpha value is -3.21. The lowest BCUT2D eigenvalue weighted by molar-refractivity contribution is 0.173. The zero-order valence-corrected chi connectivity index (χ0v) is 11.4. The fraction of sp³-hybridized carbons (Fsp3) is 0.214. The summed E-state index contributed by atoms with van der Waals surface area (Å²) in [6, 6.07) is 6.88. The Morgan fingerprint density at radius 2 is 2.14 bits per heavy atom. The highest BCUT2D eigenvalue weighted by atomic mass is 16.7. The fourth-order valence-electron chi connectivity index (χ4n) is 1.98. The highest BCUT2D eigenvalue weighted by molar-refractivity contribution is 5.46. The predicted molar refractivity (Wildman–Crippen MR) is 74.1 cm³/mol. The lowest BCUT2D eigenvalue weighted by Gasteiger charge is -2.08. The zero-order chi connectivity index (χ0) is 15.5. The number of rotatable bonds is 4. The molecule has 1 aromatic carbocycles. The van der Waals surface area contributed by atoms with E-state index in [0.717, 1.165) is 0 Å². The molecule has 8 heteroatoms. The second-order valence-electron chi connectivity index (χ2n) is 4.47. The summed E-state index contributed by atoms with van der Waals surface area (Å²) in [5.41, 5.74) is -1.40. The van der Waals surface area contributed by atoms with Crippen molar-refractivity contribution in [2.75, 3.05) is 13.4 Å². The smallest absolute Gasteiger partial charge is 0.328 e. The van der Waals surface area contributed by atoms with E-state index in [1.165, 1.54) is 10.8 Å². The third-order valence-corrected chi connectivity index (χ3v) is 3.08. The number of aromatic nitrogens is 2. The molecule has 8 nitrogen and oxygen atoms in total. The summed E-state index contributed by atoms with van der Waals surface area (Å²) in [5, 5.41) is 8.78. The van der Waals surface area contributed by atoms with Crippen LogP contribution in [0.15, 0.2) is 34.0 Å². The number of hydrogen-bond acceptors (Lipinski definition) is 6. The molecule has 3 rings (SSSR count). The van der Waals surface area contributed by atoms with Crippen molar-refractivity contribution in [3.63, 3.8) is 0 Å². The Morgan fingerprint density at radius 3 is 2.95 bits per heavy atom. The van der Waals surface area contributed by atoms with Crippen LogP contribution in [0.25, 0.3) is 0 Å². The van der Waals surface area contributed by atoms with Crippen LogP contribution in [0, 0.1) is 11.3 Å². The Morgan fingerprint density at radius 1 is 1.32 bits per heavy atom. The first-order chi connectivity index (χ1) is 10.7. The molecular formula is C14H11N3O5. The van der Waals surface area contributed by atoms with Crippen LogP contribution >= 0.6 is 0 Å². The molecule has 0 saturated heterocycles. The van der Waals surface area contributed by atoms with Crippen LogP contribution in [0.4, 0.5) is 0 Å². The van der Waals surface area contributed by atoms with E-state index in [0.29, 0.717) is 17.2 Å². The van der Waals surface area contributed by atoms with Crippen LogP contribution in [0.5, 0.6) is 17.2 Å². The number of nitrogens with one attached hydrogen (secondary N) is 1. The SMILES string of the molecule is N#Cc1cn(CCOc2ccc3c(c2)OCO3)c(=O)[nH]c1=O. The van der Waals surface area contributed by atoms with Gasteiger partial charge < -0.3 is 14.2 Å². The first-order valence-corrected chi connectivity index (χ1v) is 6.43. The van der Waals surface area contributed by atoms with E-state index in [2.05, 4.69) is 4.98 Å². The monoisotopic (exact) mass is 301 g/mol. The van der Waals surface area contributed by atoms with Crippen molar-refractivity contribution in [2.45, 2.75) is 6.54 Å². The molecule has 1 N–H and O–H groups in total. The Kier molecular flexibility index (Phi) is 3.53. The molecule has 0 atom stereocenters. The number of nitrogens with zero attached hydrogens (tertiary/aromatic N) is 2. The summed E-state index contributed by atoms with van der Waals surface area (Å²) in [4.78, 5) is 25.0. The van der Waals surface area contributed by atoms with Gasteiger partial charge in [-0.25, -0.2) is 4.79 Å². The minimum atomic E-state index is -0.694. The predicted octanol–water partition coefficient (Wildman–Crippen LogP) is 0.216. The van der Waals surface area contributed by atoms with Gasteiger partial charge in [0.2, 0.25) is 6.79 Å². The van der Waals surface area contributed by atoms with E-state index in [4.69, 9.17) is 19.5 Å². The van der Waals surface area contributed by atoms with E-state index in [-0.39, 0.29) is 25.5 Å². The van der Waals surface area contributed by atoms with Gasteiger partial charge in [0.05, 0.1) is 6.54 Å². The van der Waals surface area contributed by atoms with Gasteiger partial charge in [0.1, 0.15) is 24.0 Å². The second-order valence-corrected chi connectivity index (χ2v) is 4.47. The highest BCUT2D eigenvalue weighted by Gasteiger charge is 2.13. The molecule has 1 aliphatic rings. The van der Waals surface area contributed by atoms with Crippen molar-refractivity contribution in [1.29, 1.82) is 5.26 Å². The van der Waals surface area contributed by atoms with E-state index in [1.807, 2.05) is 0 Å². The molecule has 22 heavy (non-hydrogen) atoms. The van der Waals surface area contributed by atoms with Crippen LogP contribution in [0.2, 0.25) is 0 Å². The van der Waals surface area contributed by atoms with Gasteiger partial charge in [-0.15, -0.1) is 0 Å². The zero-order valence-electron chi connectivity index (χ0n) is 11.4. The molecule has 1 aromatic heterocycles. The topological polar surface area (TPSA) is 106 Å². The highest BCUT2D eigenvalue weighted by Crippen LogP contribution is 2.34. The number of hydrogen-bond donors (Lipinski definition) is 1. The Bertz CT molecular complexity index is 862. The van der Waals surface area contributed by atoms with Gasteiger partial charge in [-0.3, -0.25) is 14.3 Å². The molecule has 0 amide bonds. The van der Waals surface area contributed by atoms with Crippen molar-refractivity contribution in [3.05, 3.63) is 50.8 Å². The molecule has 0 radical (unpaired) electrons. The minimum Gasteiger partial charge on any atom is -0.492 e. The molecule has 0 bridgehead atoms. The number of fused-ring (bicyclic) bond motifs is 1. The molecule has 0 spiro atoms. The van der Waals surface area contributed by atoms with Gasteiger partial charge >= 0.3 is 5.69 Å². The van der Waals surface area contributed by atoms with Gasteiger partial charge in [0.25, 0.3) is 5.56 Å². The average molecular weight is 301 g/mol. The normalized spacial score (nSPS) is 12.0. The first kappa shape index (κ1) is 13.8. The third kappa shape index (κ3) is 2.64. The molecule has 2 heterocycles. The molecular weight excluding hydrogens is 290 g/mol. The summed E-state index contributed by atoms with van der Waals surface area (Å²) in [7, 11) is 0. The summed E-state index contributed by atoms with van der Waals surface area (Å²) < 4.78 is 17.2. The maximum absolute atomic E-state index is 11.6. The summed E-state index contributed by atoms with van der Waals surface area (Å²) >= 11 is 0. The fourth-order valence-corrected chi connectivity index (χ4v) is 1.98. The van der Waals surface area contributed by atoms with Crippen molar-refractivity contribution in [3.8, 4) is 23.3 Å². The summed E-state index contributed by atoms with van der Waals surface area (Å²) in [5.74, 6) is 1.83. The second kappa shape index (κ2) is 5.65. The largest absolute Gasteiger partial charge is 0.492 e. The van der Waals surface area contributed by atoms with E-state index >= 15 is 0 Å². The van der Waals surface area contributed by atoms with Gasteiger partial charge in [-0.2, -0.15) is 5.26 Å². The van der Waals surface area contributed by atoms with Crippen molar-refractivity contribution in [2.24, 2.45) is 0 Å². The Labute approximate surface area is 124 Å². The molecule has 112 valence electrons. The Balaban J connectivity index is 1.68. The van der Waals surface area contributed by atoms with Crippen molar-refractivity contribution >= 4 is 0 Å². The van der Waals surface area contributed by atoms with Crippen LogP contribution in [0.1, 0.15) is 5.56 Å². The average Bonchev–Trinajstić information content (AvgIpc) is 2.97. The number of H-pyrrole nitrogens is 1. The molecule has 0 fully saturated rings. The van der Waals surface area contributed by atoms with Crippen LogP contribution in [-0.4, -0.2) is 23.0 Å². The van der Waals surface area contributed by atoms with Crippen LogP contribution in [0.3, 0.4) is 0 Å². The first-order valence-electron chi connectivity index (χ1n) is 6.43. The number of aromatic amines is 1. The number of ether oxygens (including phenoxy) is 3. The molecule has 1 aliphatic heterocycles. The van der Waals surface area contributed by atoms with Crippen molar-refractivity contribution in [1.82, 2.24) is 9.55 Å².